The van der Waals surface area contributed by atoms with Gasteiger partial charge in [-0.15, -0.1) is 11.3 Å². The first-order valence-electron chi connectivity index (χ1n) is 14.4. The molecule has 2 aliphatic heterocycles. The number of hydrogen-bond donors (Lipinski definition) is 3. The Bertz CT molecular complexity index is 1930. The summed E-state index contributed by atoms with van der Waals surface area (Å²) in [6.45, 7) is 0.426. The summed E-state index contributed by atoms with van der Waals surface area (Å²) >= 11 is 13.9. The Labute approximate surface area is 281 Å². The molecule has 4 aromatic rings. The van der Waals surface area contributed by atoms with E-state index in [4.69, 9.17) is 23.2 Å². The molecule has 3 N–H and O–H groups in total. The van der Waals surface area contributed by atoms with Gasteiger partial charge in [-0.3, -0.25) is 29.2 Å². The standard InChI is InChI=1S/C31H26Cl2FN7O5S/c1-39-26(23(32)15-36-39)22-12-24(47-27(22)33)28(43)37-19(10-16-3-2-4-18(34)9-16)14-35-13-17-5-6-20-21(11-17)30(45)41(29(20)44)40-8-7-25(42)38-31(40)46/h2-6,9,11-12,15,19,35H,7-8,10,13-14H2,1H3,(H,37,43)(H,38,42,46)/t19-/m0/s1. The Morgan fingerprint density at radius 2 is 1.83 bits per heavy atom. The zero-order valence-electron chi connectivity index (χ0n) is 24.7. The van der Waals surface area contributed by atoms with E-state index in [2.05, 4.69) is 21.0 Å². The molecule has 0 spiro atoms. The van der Waals surface area contributed by atoms with Crippen LogP contribution in [0.2, 0.25) is 9.36 Å². The summed E-state index contributed by atoms with van der Waals surface area (Å²) in [5.74, 6) is -2.59. The van der Waals surface area contributed by atoms with Crippen molar-refractivity contribution in [2.24, 2.45) is 7.05 Å². The average Bonchev–Trinajstić information content (AvgIpc) is 3.65. The Morgan fingerprint density at radius 1 is 1.04 bits per heavy atom. The molecule has 1 saturated heterocycles. The monoisotopic (exact) mass is 697 g/mol. The maximum absolute atomic E-state index is 14.0. The summed E-state index contributed by atoms with van der Waals surface area (Å²) in [6, 6.07) is 11.2. The molecule has 0 radical (unpaired) electrons. The molecular weight excluding hydrogens is 672 g/mol. The highest BCUT2D eigenvalue weighted by molar-refractivity contribution is 7.18. The van der Waals surface area contributed by atoms with E-state index in [1.807, 2.05) is 0 Å². The van der Waals surface area contributed by atoms with Crippen LogP contribution in [0.15, 0.2) is 54.7 Å². The number of nitrogens with one attached hydrogen (secondary N) is 3. The van der Waals surface area contributed by atoms with Crippen molar-refractivity contribution in [1.29, 1.82) is 0 Å². The first-order chi connectivity index (χ1) is 22.5. The van der Waals surface area contributed by atoms with Crippen LogP contribution in [0.1, 0.15) is 47.9 Å². The van der Waals surface area contributed by atoms with E-state index in [0.717, 1.165) is 21.4 Å². The number of rotatable bonds is 10. The molecule has 0 saturated carbocycles. The highest BCUT2D eigenvalue weighted by Crippen LogP contribution is 2.38. The number of aryl methyl sites for hydroxylation is 1. The van der Waals surface area contributed by atoms with Gasteiger partial charge >= 0.3 is 6.03 Å². The minimum Gasteiger partial charge on any atom is -0.347 e. The highest BCUT2D eigenvalue weighted by atomic mass is 35.5. The zero-order chi connectivity index (χ0) is 33.4. The van der Waals surface area contributed by atoms with Crippen molar-refractivity contribution in [1.82, 2.24) is 35.7 Å². The van der Waals surface area contributed by atoms with Crippen LogP contribution in [0.25, 0.3) is 11.3 Å². The van der Waals surface area contributed by atoms with Gasteiger partial charge in [-0.1, -0.05) is 41.4 Å². The summed E-state index contributed by atoms with van der Waals surface area (Å²) in [6.07, 6.45) is 1.76. The molecule has 47 heavy (non-hydrogen) atoms. The molecule has 2 aliphatic rings. The molecule has 16 heteroatoms. The van der Waals surface area contributed by atoms with E-state index in [1.54, 1.807) is 42.1 Å². The maximum atomic E-state index is 14.0. The van der Waals surface area contributed by atoms with E-state index in [1.165, 1.54) is 24.4 Å². The van der Waals surface area contributed by atoms with Gasteiger partial charge in [0.1, 0.15) is 10.2 Å². The lowest BCUT2D eigenvalue weighted by atomic mass is 10.0. The van der Waals surface area contributed by atoms with Gasteiger partial charge in [0, 0.05) is 38.2 Å². The van der Waals surface area contributed by atoms with Crippen LogP contribution in [-0.4, -0.2) is 68.6 Å². The van der Waals surface area contributed by atoms with E-state index >= 15 is 0 Å². The van der Waals surface area contributed by atoms with Crippen molar-refractivity contribution in [3.63, 3.8) is 0 Å². The number of halogens is 3. The lowest BCUT2D eigenvalue weighted by Crippen LogP contribution is -2.58. The van der Waals surface area contributed by atoms with E-state index in [0.29, 0.717) is 43.0 Å². The van der Waals surface area contributed by atoms with E-state index < -0.39 is 35.6 Å². The van der Waals surface area contributed by atoms with Crippen molar-refractivity contribution in [2.75, 3.05) is 13.1 Å². The third-order valence-electron chi connectivity index (χ3n) is 7.69. The lowest BCUT2D eigenvalue weighted by molar-refractivity contribution is -0.122. The van der Waals surface area contributed by atoms with Gasteiger partial charge in [0.15, 0.2) is 0 Å². The molecule has 242 valence electrons. The van der Waals surface area contributed by atoms with Gasteiger partial charge < -0.3 is 10.6 Å². The largest absolute Gasteiger partial charge is 0.347 e. The minimum absolute atomic E-state index is 0.0406. The van der Waals surface area contributed by atoms with Crippen LogP contribution < -0.4 is 16.0 Å². The molecule has 4 heterocycles. The average molecular weight is 699 g/mol. The lowest BCUT2D eigenvalue weighted by Gasteiger charge is -2.32. The molecule has 1 atom stereocenters. The summed E-state index contributed by atoms with van der Waals surface area (Å²) in [7, 11) is 1.72. The number of fused-ring (bicyclic) bond motifs is 1. The number of hydrogen-bond acceptors (Lipinski definition) is 8. The first kappa shape index (κ1) is 32.3. The highest BCUT2D eigenvalue weighted by Gasteiger charge is 2.43. The van der Waals surface area contributed by atoms with Crippen molar-refractivity contribution >= 4 is 64.2 Å². The van der Waals surface area contributed by atoms with Crippen molar-refractivity contribution in [2.45, 2.75) is 25.4 Å². The Hall–Kier alpha value is -4.63. The molecule has 6 amide bonds. The Morgan fingerprint density at radius 3 is 2.55 bits per heavy atom. The van der Waals surface area contributed by atoms with Gasteiger partial charge in [0.05, 0.1) is 39.5 Å². The first-order valence-corrected chi connectivity index (χ1v) is 15.9. The maximum Gasteiger partial charge on any atom is 0.343 e. The number of urea groups is 1. The number of amides is 6. The quantitative estimate of drug-likeness (QED) is 0.211. The Kier molecular flexibility index (Phi) is 9.10. The number of aromatic nitrogens is 2. The molecule has 0 unspecified atom stereocenters. The molecule has 2 aromatic heterocycles. The summed E-state index contributed by atoms with van der Waals surface area (Å²) in [5, 5.41) is 14.6. The zero-order valence-corrected chi connectivity index (χ0v) is 27.0. The fourth-order valence-corrected chi connectivity index (χ4v) is 6.92. The van der Waals surface area contributed by atoms with Gasteiger partial charge in [0.2, 0.25) is 5.91 Å². The smallest absolute Gasteiger partial charge is 0.343 e. The van der Waals surface area contributed by atoms with Crippen LogP contribution >= 0.6 is 34.5 Å². The molecule has 2 aromatic carbocycles. The number of imide groups is 2. The number of carbonyl (C=O) groups excluding carboxylic acids is 5. The molecule has 0 aliphatic carbocycles. The SMILES string of the molecule is Cn1ncc(Cl)c1-c1cc(C(=O)N[C@H](CNCc2ccc3c(c2)C(=O)N(N2CCC(=O)NC2=O)C3=O)Cc2cccc(F)c2)sc1Cl. The van der Waals surface area contributed by atoms with Crippen LogP contribution in [-0.2, 0) is 24.8 Å². The fourth-order valence-electron chi connectivity index (χ4n) is 5.48. The second kappa shape index (κ2) is 13.2. The second-order valence-corrected chi connectivity index (χ2v) is 13.0. The Balaban J connectivity index is 1.15. The van der Waals surface area contributed by atoms with Crippen LogP contribution in [0.5, 0.6) is 0 Å². The third-order valence-corrected chi connectivity index (χ3v) is 9.32. The third kappa shape index (κ3) is 6.63. The van der Waals surface area contributed by atoms with Crippen molar-refractivity contribution in [3.05, 3.63) is 97.0 Å². The molecule has 1 fully saturated rings. The number of nitrogens with zero attached hydrogens (tertiary/aromatic N) is 4. The molecular formula is C31H26Cl2FN7O5S. The van der Waals surface area contributed by atoms with Crippen molar-refractivity contribution < 1.29 is 28.4 Å². The molecule has 0 bridgehead atoms. The summed E-state index contributed by atoms with van der Waals surface area (Å²) in [4.78, 5) is 63.7. The van der Waals surface area contributed by atoms with Gasteiger partial charge in [0.25, 0.3) is 17.7 Å². The number of hydrazine groups is 1. The number of benzene rings is 2. The normalized spacial score (nSPS) is 15.2. The fraction of sp³-hybridized carbons (Fsp3) is 0.226. The van der Waals surface area contributed by atoms with Crippen LogP contribution in [0.3, 0.4) is 0 Å². The predicted octanol–water partition coefficient (Wildman–Crippen LogP) is 4.18. The topological polar surface area (TPSA) is 146 Å². The minimum atomic E-state index is -0.842. The van der Waals surface area contributed by atoms with Crippen molar-refractivity contribution in [3.8, 4) is 11.3 Å². The molecule has 12 nitrogen and oxygen atoms in total. The van der Waals surface area contributed by atoms with E-state index in [-0.39, 0.29) is 43.1 Å². The predicted molar refractivity (Wildman–Crippen MR) is 171 cm³/mol. The van der Waals surface area contributed by atoms with Crippen LogP contribution in [0, 0.1) is 5.82 Å². The van der Waals surface area contributed by atoms with Gasteiger partial charge in [-0.25, -0.2) is 14.2 Å². The summed E-state index contributed by atoms with van der Waals surface area (Å²) in [5.41, 5.74) is 2.77. The molecule has 6 rings (SSSR count). The second-order valence-electron chi connectivity index (χ2n) is 10.9. The number of thiophene rings is 1. The van der Waals surface area contributed by atoms with Gasteiger partial charge in [-0.2, -0.15) is 10.1 Å². The van der Waals surface area contributed by atoms with Crippen LogP contribution in [0.4, 0.5) is 9.18 Å². The van der Waals surface area contributed by atoms with E-state index in [9.17, 15) is 28.4 Å². The van der Waals surface area contributed by atoms with Gasteiger partial charge in [-0.05, 0) is 47.9 Å². The number of carbonyl (C=O) groups is 5. The summed E-state index contributed by atoms with van der Waals surface area (Å²) < 4.78 is 15.9.